The number of carbonyl (C=O) groups excluding carboxylic acids is 1. The van der Waals surface area contributed by atoms with Crippen LogP contribution in [0.5, 0.6) is 0 Å². The fourth-order valence-electron chi connectivity index (χ4n) is 3.67. The number of nitrogens with two attached hydrogens (primary N) is 1. The molecule has 2 aromatic carbocycles. The molecule has 0 fully saturated rings. The first kappa shape index (κ1) is 24.7. The second kappa shape index (κ2) is 10.5. The highest BCUT2D eigenvalue weighted by atomic mass is 32.2. The molecule has 1 atom stereocenters. The van der Waals surface area contributed by atoms with E-state index in [2.05, 4.69) is 20.5 Å². The Bertz CT molecular complexity index is 1280. The predicted octanol–water partition coefficient (Wildman–Crippen LogP) is 4.12. The Morgan fingerprint density at radius 3 is 2.66 bits per heavy atom. The molecule has 182 valence electrons. The van der Waals surface area contributed by atoms with E-state index in [1.807, 2.05) is 37.3 Å². The standard InChI is InChI=1S/C23H23F2N7OS2/c1-14(33)28-21(26)27-12-6-11-23(16-7-4-3-5-8-16)32(22-30-29-15(2)34-22)31-20(35-23)18-13-17(24)9-10-19(18)25/h3-5,7-10,13H,6,11-12H2,1-2H3,(H3,26,27,28,33). The first-order valence-corrected chi connectivity index (χ1v) is 12.4. The zero-order valence-corrected chi connectivity index (χ0v) is 20.7. The second-order valence-electron chi connectivity index (χ2n) is 7.74. The molecule has 2 heterocycles. The van der Waals surface area contributed by atoms with E-state index in [-0.39, 0.29) is 11.5 Å². The lowest BCUT2D eigenvalue weighted by atomic mass is 10.0. The molecule has 0 spiro atoms. The number of hydrogen-bond donors (Lipinski definition) is 2. The summed E-state index contributed by atoms with van der Waals surface area (Å²) < 4.78 is 28.8. The molecule has 12 heteroatoms. The lowest BCUT2D eigenvalue weighted by molar-refractivity contribution is -0.115. The van der Waals surface area contributed by atoms with Crippen LogP contribution in [0.3, 0.4) is 0 Å². The fraction of sp³-hybridized carbons (Fsp3) is 0.261. The number of hydrogen-bond acceptors (Lipinski definition) is 7. The van der Waals surface area contributed by atoms with Gasteiger partial charge in [0.05, 0.1) is 0 Å². The number of nitrogens with zero attached hydrogens (tertiary/aromatic N) is 5. The zero-order valence-electron chi connectivity index (χ0n) is 19.0. The van der Waals surface area contributed by atoms with E-state index in [0.29, 0.717) is 29.6 Å². The number of anilines is 1. The largest absolute Gasteiger partial charge is 0.370 e. The van der Waals surface area contributed by atoms with Gasteiger partial charge in [0.1, 0.15) is 26.6 Å². The summed E-state index contributed by atoms with van der Waals surface area (Å²) in [5.41, 5.74) is 6.74. The average Bonchev–Trinajstić information content (AvgIpc) is 3.43. The molecule has 3 aromatic rings. The van der Waals surface area contributed by atoms with Crippen LogP contribution in [-0.2, 0) is 9.67 Å². The smallest absolute Gasteiger partial charge is 0.245 e. The molecule has 0 aliphatic carbocycles. The van der Waals surface area contributed by atoms with Gasteiger partial charge in [-0.1, -0.05) is 53.4 Å². The molecular formula is C23H23F2N7OS2. The van der Waals surface area contributed by atoms with Gasteiger partial charge in [-0.2, -0.15) is 10.1 Å². The van der Waals surface area contributed by atoms with Gasteiger partial charge in [-0.25, -0.2) is 13.8 Å². The molecule has 35 heavy (non-hydrogen) atoms. The molecule has 4 rings (SSSR count). The molecule has 1 aromatic heterocycles. The molecule has 1 aliphatic heterocycles. The third kappa shape index (κ3) is 5.49. The predicted molar refractivity (Wildman–Crippen MR) is 135 cm³/mol. The SMILES string of the molecule is CC(=O)/N=C(/N)NCCCC1(c2ccccc2)SC(c2cc(F)ccc2F)=NN1c1nnc(C)s1. The van der Waals surface area contributed by atoms with E-state index in [1.165, 1.54) is 30.0 Å². The first-order chi connectivity index (χ1) is 16.8. The van der Waals surface area contributed by atoms with Crippen molar-refractivity contribution in [1.29, 1.82) is 0 Å². The number of carbonyl (C=O) groups is 1. The highest BCUT2D eigenvalue weighted by Crippen LogP contribution is 2.52. The number of nitrogens with one attached hydrogen (secondary N) is 1. The maximum Gasteiger partial charge on any atom is 0.245 e. The number of aromatic nitrogens is 2. The summed E-state index contributed by atoms with van der Waals surface area (Å²) in [6, 6.07) is 13.0. The first-order valence-electron chi connectivity index (χ1n) is 10.8. The minimum atomic E-state index is -0.810. The van der Waals surface area contributed by atoms with Gasteiger partial charge in [-0.15, -0.1) is 10.2 Å². The monoisotopic (exact) mass is 515 g/mol. The zero-order chi connectivity index (χ0) is 25.0. The average molecular weight is 516 g/mol. The Morgan fingerprint density at radius 1 is 1.20 bits per heavy atom. The maximum atomic E-state index is 14.7. The van der Waals surface area contributed by atoms with Crippen LogP contribution in [0, 0.1) is 18.6 Å². The van der Waals surface area contributed by atoms with Gasteiger partial charge in [0.2, 0.25) is 11.0 Å². The Morgan fingerprint density at radius 2 is 1.97 bits per heavy atom. The van der Waals surface area contributed by atoms with Crippen LogP contribution in [0.2, 0.25) is 0 Å². The van der Waals surface area contributed by atoms with Gasteiger partial charge in [0.25, 0.3) is 0 Å². The topological polar surface area (TPSA) is 109 Å². The fourth-order valence-corrected chi connectivity index (χ4v) is 5.86. The molecule has 8 nitrogen and oxygen atoms in total. The van der Waals surface area contributed by atoms with Crippen LogP contribution in [0.1, 0.15) is 35.9 Å². The van der Waals surface area contributed by atoms with Crippen molar-refractivity contribution in [3.05, 3.63) is 76.3 Å². The molecule has 0 saturated heterocycles. The number of thioether (sulfide) groups is 1. The van der Waals surface area contributed by atoms with Gasteiger partial charge in [-0.05, 0) is 43.5 Å². The Hall–Kier alpha value is -3.38. The molecule has 1 unspecified atom stereocenters. The highest BCUT2D eigenvalue weighted by molar-refractivity contribution is 8.15. The van der Waals surface area contributed by atoms with Crippen LogP contribution in [-0.4, -0.2) is 33.7 Å². The summed E-state index contributed by atoms with van der Waals surface area (Å²) in [5.74, 6) is -1.47. The molecular weight excluding hydrogens is 492 g/mol. The van der Waals surface area contributed by atoms with Crippen molar-refractivity contribution in [2.45, 2.75) is 31.6 Å². The Balaban J connectivity index is 1.73. The van der Waals surface area contributed by atoms with E-state index in [4.69, 9.17) is 10.8 Å². The van der Waals surface area contributed by atoms with Gasteiger partial charge in [0.15, 0.2) is 5.96 Å². The number of benzene rings is 2. The number of halogens is 2. The van der Waals surface area contributed by atoms with Crippen molar-refractivity contribution >= 4 is 45.1 Å². The number of amides is 1. The van der Waals surface area contributed by atoms with Crippen LogP contribution in [0.4, 0.5) is 13.9 Å². The van der Waals surface area contributed by atoms with E-state index < -0.39 is 22.4 Å². The van der Waals surface area contributed by atoms with Crippen LogP contribution in [0.25, 0.3) is 0 Å². The second-order valence-corrected chi connectivity index (χ2v) is 10.2. The Labute approximate surface area is 209 Å². The van der Waals surface area contributed by atoms with Crippen LogP contribution < -0.4 is 16.1 Å². The number of aliphatic imine (C=N–C) groups is 1. The minimum absolute atomic E-state index is 0.0423. The number of rotatable bonds is 7. The number of guanidine groups is 1. The van der Waals surface area contributed by atoms with Crippen molar-refractivity contribution in [3.63, 3.8) is 0 Å². The van der Waals surface area contributed by atoms with E-state index >= 15 is 0 Å². The number of hydrazone groups is 1. The summed E-state index contributed by atoms with van der Waals surface area (Å²) in [6.07, 6.45) is 1.13. The van der Waals surface area contributed by atoms with E-state index in [9.17, 15) is 13.6 Å². The summed E-state index contributed by atoms with van der Waals surface area (Å²) in [4.78, 5) is 14.0. The minimum Gasteiger partial charge on any atom is -0.370 e. The molecule has 0 saturated carbocycles. The molecule has 1 aliphatic rings. The van der Waals surface area contributed by atoms with Gasteiger partial charge >= 0.3 is 0 Å². The van der Waals surface area contributed by atoms with Crippen molar-refractivity contribution in [1.82, 2.24) is 15.5 Å². The van der Waals surface area contributed by atoms with Crippen LogP contribution in [0.15, 0.2) is 58.6 Å². The molecule has 0 bridgehead atoms. The van der Waals surface area contributed by atoms with Crippen molar-refractivity contribution in [2.75, 3.05) is 11.6 Å². The van der Waals surface area contributed by atoms with Gasteiger partial charge in [-0.3, -0.25) is 4.79 Å². The molecule has 3 N–H and O–H groups in total. The van der Waals surface area contributed by atoms with Crippen molar-refractivity contribution < 1.29 is 13.6 Å². The summed E-state index contributed by atoms with van der Waals surface area (Å²) >= 11 is 2.69. The summed E-state index contributed by atoms with van der Waals surface area (Å²) in [5, 5.41) is 19.5. The summed E-state index contributed by atoms with van der Waals surface area (Å²) in [6.45, 7) is 3.59. The van der Waals surface area contributed by atoms with Crippen molar-refractivity contribution in [3.8, 4) is 0 Å². The quantitative estimate of drug-likeness (QED) is 0.277. The van der Waals surface area contributed by atoms with Gasteiger partial charge in [0, 0.05) is 19.0 Å². The third-order valence-electron chi connectivity index (χ3n) is 5.16. The number of aryl methyl sites for hydroxylation is 1. The lowest BCUT2D eigenvalue weighted by Crippen LogP contribution is -2.39. The lowest BCUT2D eigenvalue weighted by Gasteiger charge is -2.35. The van der Waals surface area contributed by atoms with Crippen molar-refractivity contribution in [2.24, 2.45) is 15.8 Å². The van der Waals surface area contributed by atoms with E-state index in [0.717, 1.165) is 28.8 Å². The molecule has 0 radical (unpaired) electrons. The maximum absolute atomic E-state index is 14.7. The normalized spacial score (nSPS) is 18.0. The van der Waals surface area contributed by atoms with E-state index in [1.54, 1.807) is 5.01 Å². The summed E-state index contributed by atoms with van der Waals surface area (Å²) in [7, 11) is 0. The molecule has 1 amide bonds. The Kier molecular flexibility index (Phi) is 7.41. The third-order valence-corrected chi connectivity index (χ3v) is 7.41. The van der Waals surface area contributed by atoms with Crippen LogP contribution >= 0.6 is 23.1 Å². The van der Waals surface area contributed by atoms with Gasteiger partial charge < -0.3 is 11.1 Å². The highest BCUT2D eigenvalue weighted by Gasteiger charge is 2.47.